The monoisotopic (exact) mass is 220 g/mol. The molecule has 1 fully saturated rings. The minimum Gasteiger partial charge on any atom is -0.495 e. The Labute approximate surface area is 97.0 Å². The molecule has 3 nitrogen and oxygen atoms in total. The number of para-hydroxylation sites is 1. The number of nitrogens with two attached hydrogens (primary N) is 1. The Morgan fingerprint density at radius 3 is 3.06 bits per heavy atom. The topological polar surface area (TPSA) is 47.3 Å². The summed E-state index contributed by atoms with van der Waals surface area (Å²) in [6, 6.07) is 6.68. The van der Waals surface area contributed by atoms with Gasteiger partial charge in [-0.25, -0.2) is 0 Å². The molecule has 1 unspecified atom stereocenters. The summed E-state index contributed by atoms with van der Waals surface area (Å²) in [7, 11) is 1.66. The number of nitrogen functional groups attached to an aromatic ring is 1. The second kappa shape index (κ2) is 5.21. The van der Waals surface area contributed by atoms with Gasteiger partial charge < -0.3 is 15.8 Å². The predicted molar refractivity (Wildman–Crippen MR) is 66.8 cm³/mol. The highest BCUT2D eigenvalue weighted by Gasteiger charge is 2.14. The maximum absolute atomic E-state index is 6.03. The molecular formula is C13H20N2O. The largest absolute Gasteiger partial charge is 0.495 e. The third kappa shape index (κ3) is 2.47. The second-order valence-corrected chi connectivity index (χ2v) is 4.37. The molecule has 3 heteroatoms. The van der Waals surface area contributed by atoms with Crippen LogP contribution in [0.3, 0.4) is 0 Å². The maximum Gasteiger partial charge on any atom is 0.142 e. The van der Waals surface area contributed by atoms with E-state index in [-0.39, 0.29) is 0 Å². The van der Waals surface area contributed by atoms with Crippen molar-refractivity contribution >= 4 is 5.69 Å². The van der Waals surface area contributed by atoms with Gasteiger partial charge in [-0.15, -0.1) is 0 Å². The van der Waals surface area contributed by atoms with Crippen LogP contribution in [0.2, 0.25) is 0 Å². The van der Waals surface area contributed by atoms with E-state index in [4.69, 9.17) is 10.5 Å². The maximum atomic E-state index is 6.03. The molecule has 3 N–H and O–H groups in total. The van der Waals surface area contributed by atoms with Crippen molar-refractivity contribution in [2.75, 3.05) is 19.4 Å². The SMILES string of the molecule is COc1cccc(CCC2CCCN2)c1N. The van der Waals surface area contributed by atoms with E-state index in [1.807, 2.05) is 12.1 Å². The summed E-state index contributed by atoms with van der Waals surface area (Å²) in [4.78, 5) is 0. The molecular weight excluding hydrogens is 200 g/mol. The van der Waals surface area contributed by atoms with Crippen molar-refractivity contribution in [3.63, 3.8) is 0 Å². The Hall–Kier alpha value is -1.22. The summed E-state index contributed by atoms with van der Waals surface area (Å²) in [6.45, 7) is 1.16. The van der Waals surface area contributed by atoms with E-state index in [2.05, 4.69) is 11.4 Å². The first-order valence-electron chi connectivity index (χ1n) is 5.96. The van der Waals surface area contributed by atoms with Gasteiger partial charge in [0.25, 0.3) is 0 Å². The molecule has 0 bridgehead atoms. The van der Waals surface area contributed by atoms with Gasteiger partial charge in [0.1, 0.15) is 5.75 Å². The summed E-state index contributed by atoms with van der Waals surface area (Å²) in [6.07, 6.45) is 4.79. The Balaban J connectivity index is 1.97. The smallest absolute Gasteiger partial charge is 0.142 e. The van der Waals surface area contributed by atoms with Crippen LogP contribution in [0.15, 0.2) is 18.2 Å². The predicted octanol–water partition coefficient (Wildman–Crippen LogP) is 1.96. The number of rotatable bonds is 4. The number of nitrogens with one attached hydrogen (secondary N) is 1. The third-order valence-electron chi connectivity index (χ3n) is 3.30. The summed E-state index contributed by atoms with van der Waals surface area (Å²) in [5, 5.41) is 3.50. The highest BCUT2D eigenvalue weighted by atomic mass is 16.5. The minimum atomic E-state index is 0.672. The first-order chi connectivity index (χ1) is 7.81. The van der Waals surface area contributed by atoms with Crippen LogP contribution in [0.5, 0.6) is 5.75 Å². The molecule has 0 radical (unpaired) electrons. The number of methoxy groups -OCH3 is 1. The van der Waals surface area contributed by atoms with Gasteiger partial charge in [-0.3, -0.25) is 0 Å². The van der Waals surface area contributed by atoms with E-state index in [0.29, 0.717) is 6.04 Å². The summed E-state index contributed by atoms with van der Waals surface area (Å²) in [5.74, 6) is 0.789. The van der Waals surface area contributed by atoms with Crippen LogP contribution in [0.1, 0.15) is 24.8 Å². The van der Waals surface area contributed by atoms with Crippen LogP contribution < -0.4 is 15.8 Å². The van der Waals surface area contributed by atoms with Crippen LogP contribution >= 0.6 is 0 Å². The molecule has 1 aromatic carbocycles. The molecule has 88 valence electrons. The van der Waals surface area contributed by atoms with E-state index >= 15 is 0 Å². The van der Waals surface area contributed by atoms with Crippen LogP contribution in [0, 0.1) is 0 Å². The fourth-order valence-corrected chi connectivity index (χ4v) is 2.32. The molecule has 0 spiro atoms. The number of ether oxygens (including phenoxy) is 1. The molecule has 1 atom stereocenters. The molecule has 0 amide bonds. The Morgan fingerprint density at radius 1 is 1.50 bits per heavy atom. The van der Waals surface area contributed by atoms with Crippen LogP contribution in [0.4, 0.5) is 5.69 Å². The summed E-state index contributed by atoms with van der Waals surface area (Å²) in [5.41, 5.74) is 8.03. The van der Waals surface area contributed by atoms with E-state index < -0.39 is 0 Å². The average molecular weight is 220 g/mol. The Kier molecular flexibility index (Phi) is 3.67. The molecule has 1 aliphatic rings. The van der Waals surface area contributed by atoms with Gasteiger partial charge in [0.05, 0.1) is 12.8 Å². The number of hydrogen-bond donors (Lipinski definition) is 2. The standard InChI is InChI=1S/C13H20N2O/c1-16-12-6-2-4-10(13(12)14)7-8-11-5-3-9-15-11/h2,4,6,11,15H,3,5,7-9,14H2,1H3. The normalized spacial score (nSPS) is 19.9. The Bertz CT molecular complexity index is 346. The highest BCUT2D eigenvalue weighted by Crippen LogP contribution is 2.26. The van der Waals surface area contributed by atoms with Gasteiger partial charge in [-0.1, -0.05) is 12.1 Å². The molecule has 0 aliphatic carbocycles. The van der Waals surface area contributed by atoms with Crippen molar-refractivity contribution in [3.8, 4) is 5.75 Å². The molecule has 1 aliphatic heterocycles. The number of benzene rings is 1. The second-order valence-electron chi connectivity index (χ2n) is 4.37. The summed E-state index contributed by atoms with van der Waals surface area (Å²) < 4.78 is 5.22. The van der Waals surface area contributed by atoms with Crippen molar-refractivity contribution < 1.29 is 4.74 Å². The first-order valence-corrected chi connectivity index (χ1v) is 5.96. The lowest BCUT2D eigenvalue weighted by molar-refractivity contribution is 0.416. The van der Waals surface area contributed by atoms with E-state index in [9.17, 15) is 0 Å². The lowest BCUT2D eigenvalue weighted by atomic mass is 10.0. The highest BCUT2D eigenvalue weighted by molar-refractivity contribution is 5.58. The fourth-order valence-electron chi connectivity index (χ4n) is 2.32. The van der Waals surface area contributed by atoms with Gasteiger partial charge in [-0.2, -0.15) is 0 Å². The molecule has 1 saturated heterocycles. The molecule has 1 heterocycles. The van der Waals surface area contributed by atoms with Crippen LogP contribution in [-0.2, 0) is 6.42 Å². The van der Waals surface area contributed by atoms with Crippen molar-refractivity contribution in [1.82, 2.24) is 5.32 Å². The quantitative estimate of drug-likeness (QED) is 0.763. The van der Waals surface area contributed by atoms with Gasteiger partial charge in [0, 0.05) is 6.04 Å². The average Bonchev–Trinajstić information content (AvgIpc) is 2.81. The van der Waals surface area contributed by atoms with Gasteiger partial charge in [0.15, 0.2) is 0 Å². The van der Waals surface area contributed by atoms with E-state index in [0.717, 1.165) is 30.8 Å². The zero-order chi connectivity index (χ0) is 11.4. The van der Waals surface area contributed by atoms with Crippen molar-refractivity contribution in [2.24, 2.45) is 0 Å². The van der Waals surface area contributed by atoms with Gasteiger partial charge in [-0.05, 0) is 43.9 Å². The van der Waals surface area contributed by atoms with E-state index in [1.165, 1.54) is 18.4 Å². The zero-order valence-electron chi connectivity index (χ0n) is 9.83. The molecule has 0 saturated carbocycles. The molecule has 2 rings (SSSR count). The molecule has 1 aromatic rings. The van der Waals surface area contributed by atoms with Crippen molar-refractivity contribution in [1.29, 1.82) is 0 Å². The van der Waals surface area contributed by atoms with Crippen molar-refractivity contribution in [2.45, 2.75) is 31.7 Å². The van der Waals surface area contributed by atoms with Crippen molar-refractivity contribution in [3.05, 3.63) is 23.8 Å². The van der Waals surface area contributed by atoms with Crippen LogP contribution in [0.25, 0.3) is 0 Å². The minimum absolute atomic E-state index is 0.672. The first kappa shape index (κ1) is 11.3. The van der Waals surface area contributed by atoms with Gasteiger partial charge in [0.2, 0.25) is 0 Å². The van der Waals surface area contributed by atoms with Crippen LogP contribution in [-0.4, -0.2) is 19.7 Å². The Morgan fingerprint density at radius 2 is 2.38 bits per heavy atom. The third-order valence-corrected chi connectivity index (χ3v) is 3.30. The van der Waals surface area contributed by atoms with E-state index in [1.54, 1.807) is 7.11 Å². The lowest BCUT2D eigenvalue weighted by Crippen LogP contribution is -2.21. The lowest BCUT2D eigenvalue weighted by Gasteiger charge is -2.13. The summed E-state index contributed by atoms with van der Waals surface area (Å²) >= 11 is 0. The molecule has 0 aromatic heterocycles. The number of hydrogen-bond acceptors (Lipinski definition) is 3. The number of anilines is 1. The molecule has 16 heavy (non-hydrogen) atoms. The number of aryl methyl sites for hydroxylation is 1. The zero-order valence-corrected chi connectivity index (χ0v) is 9.83. The fraction of sp³-hybridized carbons (Fsp3) is 0.538. The van der Waals surface area contributed by atoms with Gasteiger partial charge >= 0.3 is 0 Å².